The second kappa shape index (κ2) is 12.3. The van der Waals surface area contributed by atoms with Crippen molar-refractivity contribution in [1.29, 1.82) is 0 Å². The van der Waals surface area contributed by atoms with Crippen molar-refractivity contribution in [2.45, 2.75) is 75.4 Å². The van der Waals surface area contributed by atoms with Crippen LogP contribution in [0.1, 0.15) is 66.6 Å². The molecule has 2 amide bonds. The Morgan fingerprint density at radius 3 is 2.59 bits per heavy atom. The molecule has 1 aliphatic carbocycles. The van der Waals surface area contributed by atoms with Gasteiger partial charge in [0.15, 0.2) is 10.8 Å². The fourth-order valence-corrected chi connectivity index (χ4v) is 7.28. The Morgan fingerprint density at radius 1 is 1.14 bits per heavy atom. The number of thiophene rings is 1. The molecule has 2 aliphatic rings. The Balaban J connectivity index is 1.45. The Hall–Kier alpha value is -2.63. The molecule has 2 aromatic rings. The molecule has 200 valence electrons. The van der Waals surface area contributed by atoms with Crippen LogP contribution < -0.4 is 10.6 Å². The molecule has 1 saturated heterocycles. The summed E-state index contributed by atoms with van der Waals surface area (Å²) in [6, 6.07) is 4.90. The lowest BCUT2D eigenvalue weighted by Gasteiger charge is -2.28. The zero-order valence-corrected chi connectivity index (χ0v) is 22.7. The summed E-state index contributed by atoms with van der Waals surface area (Å²) in [5.74, 6) is -0.726. The number of carbonyl (C=O) groups excluding carboxylic acids is 3. The van der Waals surface area contributed by atoms with Crippen LogP contribution >= 0.6 is 11.3 Å². The minimum atomic E-state index is -3.92. The molecule has 1 saturated carbocycles. The van der Waals surface area contributed by atoms with E-state index in [-0.39, 0.29) is 29.8 Å². The van der Waals surface area contributed by atoms with Crippen LogP contribution in [-0.2, 0) is 19.6 Å². The highest BCUT2D eigenvalue weighted by Gasteiger charge is 2.35. The van der Waals surface area contributed by atoms with Crippen LogP contribution in [0.2, 0.25) is 0 Å². The molecule has 1 aliphatic heterocycles. The van der Waals surface area contributed by atoms with Gasteiger partial charge in [0.05, 0.1) is 17.5 Å². The van der Waals surface area contributed by atoms with Gasteiger partial charge in [-0.25, -0.2) is 13.4 Å². The second-order valence-electron chi connectivity index (χ2n) is 9.87. The molecule has 0 spiro atoms. The summed E-state index contributed by atoms with van der Waals surface area (Å²) in [6.45, 7) is 1.69. The smallest absolute Gasteiger partial charge is 0.262 e. The Bertz CT molecular complexity index is 1210. The van der Waals surface area contributed by atoms with Gasteiger partial charge in [0, 0.05) is 12.7 Å². The molecular formula is C26H34N4O5S2. The van der Waals surface area contributed by atoms with Crippen LogP contribution in [0.5, 0.6) is 0 Å². The van der Waals surface area contributed by atoms with E-state index in [4.69, 9.17) is 0 Å². The number of aryl methyl sites for hydroxylation is 1. The van der Waals surface area contributed by atoms with E-state index in [0.717, 1.165) is 35.6 Å². The van der Waals surface area contributed by atoms with E-state index in [1.165, 1.54) is 30.0 Å². The highest BCUT2D eigenvalue weighted by atomic mass is 32.2. The molecular weight excluding hydrogens is 512 g/mol. The Morgan fingerprint density at radius 2 is 1.92 bits per heavy atom. The monoisotopic (exact) mass is 546 g/mol. The van der Waals surface area contributed by atoms with Crippen LogP contribution in [-0.4, -0.2) is 60.5 Å². The number of hydrogen-bond acceptors (Lipinski definition) is 7. The van der Waals surface area contributed by atoms with Crippen molar-refractivity contribution in [2.24, 2.45) is 5.92 Å². The Kier molecular flexibility index (Phi) is 9.09. The molecule has 0 bridgehead atoms. The predicted octanol–water partition coefficient (Wildman–Crippen LogP) is 3.06. The summed E-state index contributed by atoms with van der Waals surface area (Å²) in [6.07, 6.45) is 8.08. The number of ketones is 1. The first-order valence-electron chi connectivity index (χ1n) is 12.8. The molecule has 3 heterocycles. The van der Waals surface area contributed by atoms with E-state index in [1.807, 2.05) is 18.4 Å². The minimum absolute atomic E-state index is 0.107. The van der Waals surface area contributed by atoms with Gasteiger partial charge in [-0.2, -0.15) is 4.31 Å². The largest absolute Gasteiger partial charge is 0.344 e. The maximum absolute atomic E-state index is 13.4. The number of hydrogen-bond donors (Lipinski definition) is 2. The first-order chi connectivity index (χ1) is 17.8. The van der Waals surface area contributed by atoms with Gasteiger partial charge >= 0.3 is 0 Å². The van der Waals surface area contributed by atoms with Crippen LogP contribution in [0, 0.1) is 12.8 Å². The quantitative estimate of drug-likeness (QED) is 0.524. The lowest BCUT2D eigenvalue weighted by Crippen LogP contribution is -2.53. The number of pyridine rings is 1. The van der Waals surface area contributed by atoms with Crippen molar-refractivity contribution in [2.75, 3.05) is 13.1 Å². The van der Waals surface area contributed by atoms with Crippen LogP contribution in [0.25, 0.3) is 0 Å². The van der Waals surface area contributed by atoms with Gasteiger partial charge < -0.3 is 10.6 Å². The molecule has 2 aromatic heterocycles. The molecule has 2 atom stereocenters. The first kappa shape index (κ1) is 27.4. The number of carbonyl (C=O) groups is 3. The fourth-order valence-electron chi connectivity index (χ4n) is 5.07. The third-order valence-electron chi connectivity index (χ3n) is 7.16. The van der Waals surface area contributed by atoms with Crippen molar-refractivity contribution in [1.82, 2.24) is 19.9 Å². The molecule has 0 radical (unpaired) electrons. The standard InChI is InChI=1S/C26H34N4O5S2/c1-18-12-15-36-24(18)26(33)29-21(16-19-8-3-2-4-9-19)25(32)28-20-10-7-14-30(17-22(20)31)37(34,35)23-11-5-6-13-27-23/h5-6,11-13,15,19-21H,2-4,7-10,14,16-17H2,1H3,(H,28,32)(H,29,33)/t20?,21-/m0/s1. The average molecular weight is 547 g/mol. The highest BCUT2D eigenvalue weighted by Crippen LogP contribution is 2.28. The number of rotatable bonds is 8. The molecule has 37 heavy (non-hydrogen) atoms. The van der Waals surface area contributed by atoms with E-state index in [2.05, 4.69) is 15.6 Å². The highest BCUT2D eigenvalue weighted by molar-refractivity contribution is 7.89. The van der Waals surface area contributed by atoms with Crippen molar-refractivity contribution >= 4 is 39.0 Å². The van der Waals surface area contributed by atoms with Gasteiger partial charge in [-0.15, -0.1) is 11.3 Å². The summed E-state index contributed by atoms with van der Waals surface area (Å²) in [4.78, 5) is 44.0. The van der Waals surface area contributed by atoms with Gasteiger partial charge in [0.1, 0.15) is 6.04 Å². The summed E-state index contributed by atoms with van der Waals surface area (Å²) >= 11 is 1.33. The van der Waals surface area contributed by atoms with Crippen LogP contribution in [0.15, 0.2) is 40.9 Å². The number of nitrogens with zero attached hydrogens (tertiary/aromatic N) is 2. The van der Waals surface area contributed by atoms with Crippen LogP contribution in [0.3, 0.4) is 0 Å². The number of Topliss-reactive ketones (excluding diaryl/α,β-unsaturated/α-hetero) is 1. The molecule has 1 unspecified atom stereocenters. The SMILES string of the molecule is Cc1ccsc1C(=O)N[C@@H](CC1CCCCC1)C(=O)NC1CCCN(S(=O)(=O)c2ccccn2)CC1=O. The molecule has 0 aromatic carbocycles. The van der Waals surface area contributed by atoms with E-state index in [1.54, 1.807) is 12.1 Å². The summed E-state index contributed by atoms with van der Waals surface area (Å²) in [7, 11) is -3.92. The number of sulfonamides is 1. The molecule has 4 rings (SSSR count). The zero-order valence-electron chi connectivity index (χ0n) is 21.0. The lowest BCUT2D eigenvalue weighted by atomic mass is 9.84. The minimum Gasteiger partial charge on any atom is -0.344 e. The van der Waals surface area contributed by atoms with Crippen molar-refractivity contribution in [3.05, 3.63) is 46.3 Å². The topological polar surface area (TPSA) is 126 Å². The van der Waals surface area contributed by atoms with Gasteiger partial charge in [-0.1, -0.05) is 38.2 Å². The zero-order chi connectivity index (χ0) is 26.4. The van der Waals surface area contributed by atoms with Crippen molar-refractivity contribution < 1.29 is 22.8 Å². The third kappa shape index (κ3) is 6.82. The van der Waals surface area contributed by atoms with Crippen molar-refractivity contribution in [3.63, 3.8) is 0 Å². The molecule has 2 fully saturated rings. The van der Waals surface area contributed by atoms with Gasteiger partial charge in [0.2, 0.25) is 5.91 Å². The number of nitrogens with one attached hydrogen (secondary N) is 2. The molecule has 2 N–H and O–H groups in total. The van der Waals surface area contributed by atoms with Crippen LogP contribution in [0.4, 0.5) is 0 Å². The van der Waals surface area contributed by atoms with E-state index >= 15 is 0 Å². The van der Waals surface area contributed by atoms with Gasteiger partial charge in [-0.05, 0) is 61.2 Å². The maximum Gasteiger partial charge on any atom is 0.262 e. The predicted molar refractivity (Wildman–Crippen MR) is 141 cm³/mol. The van der Waals surface area contributed by atoms with Gasteiger partial charge in [0.25, 0.3) is 15.9 Å². The third-order valence-corrected chi connectivity index (χ3v) is 9.94. The summed E-state index contributed by atoms with van der Waals surface area (Å²) in [5, 5.41) is 7.49. The fraction of sp³-hybridized carbons (Fsp3) is 0.538. The molecule has 9 nitrogen and oxygen atoms in total. The van der Waals surface area contributed by atoms with Crippen molar-refractivity contribution in [3.8, 4) is 0 Å². The Labute approximate surface area is 222 Å². The summed E-state index contributed by atoms with van der Waals surface area (Å²) < 4.78 is 27.1. The maximum atomic E-state index is 13.4. The number of aromatic nitrogens is 1. The van der Waals surface area contributed by atoms with Gasteiger partial charge in [-0.3, -0.25) is 14.4 Å². The average Bonchev–Trinajstić information content (AvgIpc) is 3.24. The number of amides is 2. The summed E-state index contributed by atoms with van der Waals surface area (Å²) in [5.41, 5.74) is 0.854. The lowest BCUT2D eigenvalue weighted by molar-refractivity contribution is -0.129. The molecule has 11 heteroatoms. The van der Waals surface area contributed by atoms with E-state index in [0.29, 0.717) is 30.1 Å². The van der Waals surface area contributed by atoms with E-state index < -0.39 is 28.0 Å². The second-order valence-corrected chi connectivity index (χ2v) is 12.7. The normalized spacial score (nSPS) is 20.7. The van der Waals surface area contributed by atoms with E-state index in [9.17, 15) is 22.8 Å². The first-order valence-corrected chi connectivity index (χ1v) is 15.2.